The van der Waals surface area contributed by atoms with Crippen LogP contribution in [0.4, 0.5) is 11.5 Å². The lowest BCUT2D eigenvalue weighted by atomic mass is 9.94. The van der Waals surface area contributed by atoms with Gasteiger partial charge in [0.1, 0.15) is 34.3 Å². The van der Waals surface area contributed by atoms with E-state index >= 15 is 0 Å². The van der Waals surface area contributed by atoms with Gasteiger partial charge in [0.2, 0.25) is 17.6 Å². The molecule has 0 spiro atoms. The molecule has 1 atom stereocenters. The number of Topliss-reactive ketones (excluding diaryl/α,β-unsaturated/α-hetero) is 1. The molecule has 0 radical (unpaired) electrons. The zero-order chi connectivity index (χ0) is 34.5. The number of aromatic nitrogens is 1. The highest BCUT2D eigenvalue weighted by molar-refractivity contribution is 8.00. The smallest absolute Gasteiger partial charge is 0.338 e. The maximum atomic E-state index is 13.5. The average molecular weight is 660 g/mol. The van der Waals surface area contributed by atoms with Gasteiger partial charge in [-0.25, -0.2) is 14.7 Å². The van der Waals surface area contributed by atoms with Crippen LogP contribution in [-0.4, -0.2) is 47.5 Å². The van der Waals surface area contributed by atoms with Gasteiger partial charge in [0.15, 0.2) is 6.61 Å². The number of imide groups is 1. The monoisotopic (exact) mass is 659 g/mol. The fourth-order valence-electron chi connectivity index (χ4n) is 5.22. The largest absolute Gasteiger partial charge is 0.496 e. The van der Waals surface area contributed by atoms with Crippen molar-refractivity contribution in [3.8, 4) is 29.0 Å². The number of amides is 2. The SMILES string of the molecule is COc1ccccc1C(=O)COC(=O)c1ccc(N2C(=O)CC(Sc3nc(N)c(C#N)c(-c4ccc(C(C)C)cc4)c3C#N)C2=O)cc1. The van der Waals surface area contributed by atoms with E-state index in [0.717, 1.165) is 22.2 Å². The van der Waals surface area contributed by atoms with E-state index in [0.29, 0.717) is 16.9 Å². The quantitative estimate of drug-likeness (QED) is 0.126. The number of nitriles is 2. The third kappa shape index (κ3) is 6.61. The molecule has 1 aliphatic heterocycles. The van der Waals surface area contributed by atoms with Gasteiger partial charge in [-0.05, 0) is 53.4 Å². The molecule has 1 aliphatic rings. The lowest BCUT2D eigenvalue weighted by molar-refractivity contribution is -0.121. The van der Waals surface area contributed by atoms with Crippen molar-refractivity contribution in [3.05, 3.63) is 101 Å². The van der Waals surface area contributed by atoms with E-state index in [-0.39, 0.29) is 51.1 Å². The molecule has 2 N–H and O–H groups in total. The second-order valence-corrected chi connectivity index (χ2v) is 12.2. The minimum atomic E-state index is -0.925. The van der Waals surface area contributed by atoms with Crippen molar-refractivity contribution in [2.24, 2.45) is 0 Å². The number of carbonyl (C=O) groups excluding carboxylic acids is 4. The lowest BCUT2D eigenvalue weighted by Crippen LogP contribution is -2.31. The Labute approximate surface area is 280 Å². The van der Waals surface area contributed by atoms with E-state index in [4.69, 9.17) is 15.2 Å². The predicted molar refractivity (Wildman–Crippen MR) is 178 cm³/mol. The van der Waals surface area contributed by atoms with Crippen LogP contribution < -0.4 is 15.4 Å². The van der Waals surface area contributed by atoms with E-state index in [9.17, 15) is 29.7 Å². The highest BCUT2D eigenvalue weighted by atomic mass is 32.2. The number of hydrogen-bond acceptors (Lipinski definition) is 11. The van der Waals surface area contributed by atoms with Crippen molar-refractivity contribution < 1.29 is 28.7 Å². The van der Waals surface area contributed by atoms with Crippen LogP contribution in [0.1, 0.15) is 63.6 Å². The van der Waals surface area contributed by atoms with Crippen LogP contribution in [0.25, 0.3) is 11.1 Å². The van der Waals surface area contributed by atoms with Crippen LogP contribution in [0.5, 0.6) is 5.75 Å². The van der Waals surface area contributed by atoms with Gasteiger partial charge in [-0.1, -0.05) is 62.0 Å². The van der Waals surface area contributed by atoms with Crippen LogP contribution in [0.15, 0.2) is 77.8 Å². The number of esters is 1. The van der Waals surface area contributed by atoms with Gasteiger partial charge < -0.3 is 15.2 Å². The van der Waals surface area contributed by atoms with Crippen LogP contribution in [0, 0.1) is 22.7 Å². The summed E-state index contributed by atoms with van der Waals surface area (Å²) in [6.07, 6.45) is -0.177. The molecule has 12 heteroatoms. The standard InChI is InChI=1S/C36H29N5O6S/c1-20(2)21-8-10-22(11-9-21)32-26(17-37)33(39)40-34(27(32)18-38)48-30-16-31(43)41(35(30)44)24-14-12-23(13-15-24)36(45)47-19-28(42)25-6-4-5-7-29(25)46-3/h4-15,20,30H,16,19H2,1-3H3,(H2,39,40). The molecule has 0 aliphatic carbocycles. The summed E-state index contributed by atoms with van der Waals surface area (Å²) in [4.78, 5) is 57.1. The second kappa shape index (κ2) is 14.2. The van der Waals surface area contributed by atoms with Crippen LogP contribution in [0.2, 0.25) is 0 Å². The van der Waals surface area contributed by atoms with Crippen molar-refractivity contribution >= 4 is 46.8 Å². The number of benzene rings is 3. The number of rotatable bonds is 10. The minimum Gasteiger partial charge on any atom is -0.496 e. The van der Waals surface area contributed by atoms with Crippen molar-refractivity contribution in [2.45, 2.75) is 36.5 Å². The highest BCUT2D eigenvalue weighted by Gasteiger charge is 2.41. The summed E-state index contributed by atoms with van der Waals surface area (Å²) in [5.41, 5.74) is 8.89. The van der Waals surface area contributed by atoms with Crippen LogP contribution in [-0.2, 0) is 14.3 Å². The summed E-state index contributed by atoms with van der Waals surface area (Å²) in [6, 6.07) is 23.8. The summed E-state index contributed by atoms with van der Waals surface area (Å²) in [7, 11) is 1.43. The van der Waals surface area contributed by atoms with E-state index in [1.54, 1.807) is 24.3 Å². The Morgan fingerprint density at radius 3 is 2.29 bits per heavy atom. The predicted octanol–water partition coefficient (Wildman–Crippen LogP) is 5.67. The van der Waals surface area contributed by atoms with Crippen LogP contribution in [0.3, 0.4) is 0 Å². The topological polar surface area (TPSA) is 176 Å². The Balaban J connectivity index is 1.32. The molecule has 4 aromatic rings. The number of nitrogens with two attached hydrogens (primary N) is 1. The average Bonchev–Trinajstić information content (AvgIpc) is 3.38. The fraction of sp³-hybridized carbons (Fsp3) is 0.194. The number of nitrogen functional groups attached to an aromatic ring is 1. The van der Waals surface area contributed by atoms with Crippen molar-refractivity contribution in [2.75, 3.05) is 24.4 Å². The Bertz CT molecular complexity index is 2010. The summed E-state index contributed by atoms with van der Waals surface area (Å²) in [6.45, 7) is 3.60. The Hall–Kier alpha value is -5.98. The Kier molecular flexibility index (Phi) is 9.88. The molecular weight excluding hydrogens is 630 g/mol. The fourth-order valence-corrected chi connectivity index (χ4v) is 6.34. The maximum absolute atomic E-state index is 13.5. The van der Waals surface area contributed by atoms with E-state index in [1.807, 2.05) is 30.3 Å². The molecule has 5 rings (SSSR count). The first-order valence-corrected chi connectivity index (χ1v) is 15.7. The molecule has 0 saturated carbocycles. The van der Waals surface area contributed by atoms with Gasteiger partial charge in [-0.2, -0.15) is 10.5 Å². The summed E-state index contributed by atoms with van der Waals surface area (Å²) >= 11 is 0.931. The first kappa shape index (κ1) is 33.4. The number of hydrogen-bond donors (Lipinski definition) is 1. The molecule has 48 heavy (non-hydrogen) atoms. The Morgan fingerprint density at radius 1 is 1.00 bits per heavy atom. The first-order valence-electron chi connectivity index (χ1n) is 14.8. The number of para-hydroxylation sites is 1. The van der Waals surface area contributed by atoms with Gasteiger partial charge in [0, 0.05) is 12.0 Å². The molecule has 1 aromatic heterocycles. The number of ketones is 1. The highest BCUT2D eigenvalue weighted by Crippen LogP contribution is 2.40. The molecule has 3 aromatic carbocycles. The number of anilines is 2. The molecule has 240 valence electrons. The van der Waals surface area contributed by atoms with Gasteiger partial charge in [0.05, 0.1) is 34.7 Å². The molecule has 1 fully saturated rings. The minimum absolute atomic E-state index is 0.0476. The molecule has 2 heterocycles. The molecule has 1 unspecified atom stereocenters. The van der Waals surface area contributed by atoms with Crippen molar-refractivity contribution in [1.29, 1.82) is 10.5 Å². The molecule has 1 saturated heterocycles. The van der Waals surface area contributed by atoms with E-state index < -0.39 is 35.4 Å². The van der Waals surface area contributed by atoms with Gasteiger partial charge in [-0.15, -0.1) is 0 Å². The zero-order valence-corrected chi connectivity index (χ0v) is 27.0. The van der Waals surface area contributed by atoms with E-state index in [1.165, 1.54) is 31.4 Å². The summed E-state index contributed by atoms with van der Waals surface area (Å²) in [5.74, 6) is -1.69. The van der Waals surface area contributed by atoms with Crippen LogP contribution >= 0.6 is 11.8 Å². The second-order valence-electron chi connectivity index (χ2n) is 11.1. The van der Waals surface area contributed by atoms with Crippen molar-refractivity contribution in [1.82, 2.24) is 4.98 Å². The summed E-state index contributed by atoms with van der Waals surface area (Å²) < 4.78 is 10.4. The number of thioether (sulfide) groups is 1. The molecule has 2 amide bonds. The third-order valence-corrected chi connectivity index (χ3v) is 8.92. The number of nitrogens with zero attached hydrogens (tertiary/aromatic N) is 4. The molecule has 11 nitrogen and oxygen atoms in total. The van der Waals surface area contributed by atoms with Gasteiger partial charge in [-0.3, -0.25) is 14.4 Å². The Morgan fingerprint density at radius 2 is 1.67 bits per heavy atom. The molecule has 0 bridgehead atoms. The van der Waals surface area contributed by atoms with E-state index in [2.05, 4.69) is 24.9 Å². The first-order chi connectivity index (χ1) is 23.1. The number of carbonyl (C=O) groups is 4. The molecular formula is C36H29N5O6S. The number of pyridine rings is 1. The summed E-state index contributed by atoms with van der Waals surface area (Å²) in [5, 5.41) is 19.3. The lowest BCUT2D eigenvalue weighted by Gasteiger charge is -2.17. The van der Waals surface area contributed by atoms with Crippen molar-refractivity contribution in [3.63, 3.8) is 0 Å². The van der Waals surface area contributed by atoms with Gasteiger partial charge in [0.25, 0.3) is 0 Å². The zero-order valence-electron chi connectivity index (χ0n) is 26.2. The number of methoxy groups -OCH3 is 1. The third-order valence-electron chi connectivity index (χ3n) is 7.74. The normalized spacial score (nSPS) is 14.0. The number of ether oxygens (including phenoxy) is 2. The maximum Gasteiger partial charge on any atom is 0.338 e. The van der Waals surface area contributed by atoms with Gasteiger partial charge >= 0.3 is 5.97 Å².